The number of nitrogens with zero attached hydrogens (tertiary/aromatic N) is 3. The largest absolute Gasteiger partial charge is 0.505 e. The molecule has 10 heteroatoms. The van der Waals surface area contributed by atoms with Crippen molar-refractivity contribution in [3.05, 3.63) is 54.0 Å². The number of anilines is 1. The number of fused-ring (bicyclic) bond motifs is 1. The highest BCUT2D eigenvalue weighted by atomic mass is 32.2. The van der Waals surface area contributed by atoms with Crippen molar-refractivity contribution >= 4 is 32.6 Å². The Kier molecular flexibility index (Phi) is 5.36. The lowest BCUT2D eigenvalue weighted by Crippen LogP contribution is -2.48. The average Bonchev–Trinajstić information content (AvgIpc) is 3.13. The Bertz CT molecular complexity index is 1260. The molecule has 0 spiro atoms. The maximum Gasteiger partial charge on any atom is 0.355 e. The van der Waals surface area contributed by atoms with Crippen molar-refractivity contribution in [3.63, 3.8) is 0 Å². The van der Waals surface area contributed by atoms with E-state index in [0.717, 1.165) is 17.1 Å². The Balaban J connectivity index is 1.74. The summed E-state index contributed by atoms with van der Waals surface area (Å²) >= 11 is 0. The van der Waals surface area contributed by atoms with E-state index in [1.54, 1.807) is 10.6 Å². The second-order valence-corrected chi connectivity index (χ2v) is 9.37. The number of esters is 1. The Morgan fingerprint density at radius 1 is 1.03 bits per heavy atom. The van der Waals surface area contributed by atoms with Crippen LogP contribution in [0, 0.1) is 5.82 Å². The van der Waals surface area contributed by atoms with Crippen molar-refractivity contribution in [3.8, 4) is 11.4 Å². The van der Waals surface area contributed by atoms with Crippen LogP contribution in [0.1, 0.15) is 10.5 Å². The molecule has 4 rings (SSSR count). The van der Waals surface area contributed by atoms with Crippen LogP contribution >= 0.6 is 0 Å². The predicted molar refractivity (Wildman–Crippen MR) is 115 cm³/mol. The lowest BCUT2D eigenvalue weighted by Gasteiger charge is -2.34. The zero-order valence-corrected chi connectivity index (χ0v) is 17.9. The molecule has 1 aromatic heterocycles. The van der Waals surface area contributed by atoms with Gasteiger partial charge in [0.05, 0.1) is 24.6 Å². The van der Waals surface area contributed by atoms with Crippen molar-refractivity contribution in [2.75, 3.05) is 44.4 Å². The first-order chi connectivity index (χ1) is 14.7. The number of sulfonamides is 1. The van der Waals surface area contributed by atoms with Crippen LogP contribution in [-0.2, 0) is 14.8 Å². The van der Waals surface area contributed by atoms with E-state index < -0.39 is 27.6 Å². The summed E-state index contributed by atoms with van der Waals surface area (Å²) < 4.78 is 45.0. The minimum atomic E-state index is -3.21. The first-order valence-corrected chi connectivity index (χ1v) is 11.5. The maximum absolute atomic E-state index is 13.5. The Morgan fingerprint density at radius 3 is 2.32 bits per heavy atom. The molecule has 3 aromatic rings. The molecule has 0 radical (unpaired) electrons. The van der Waals surface area contributed by atoms with Gasteiger partial charge in [-0.1, -0.05) is 0 Å². The number of piperazine rings is 1. The van der Waals surface area contributed by atoms with Crippen LogP contribution in [0.15, 0.2) is 42.5 Å². The van der Waals surface area contributed by atoms with Crippen molar-refractivity contribution in [2.24, 2.45) is 0 Å². The summed E-state index contributed by atoms with van der Waals surface area (Å²) in [5.74, 6) is -1.84. The summed E-state index contributed by atoms with van der Waals surface area (Å²) in [5, 5.41) is 10.5. The summed E-state index contributed by atoms with van der Waals surface area (Å²) in [4.78, 5) is 14.5. The van der Waals surface area contributed by atoms with Gasteiger partial charge in [0.15, 0.2) is 11.6 Å². The number of benzene rings is 2. The molecule has 164 valence electrons. The summed E-state index contributed by atoms with van der Waals surface area (Å²) in [6.45, 7) is 1.91. The molecular weight excluding hydrogens is 425 g/mol. The number of halogens is 1. The molecular formula is C21H22FN3O5S. The van der Waals surface area contributed by atoms with Gasteiger partial charge in [0.1, 0.15) is 5.69 Å². The highest BCUT2D eigenvalue weighted by molar-refractivity contribution is 7.88. The average molecular weight is 447 g/mol. The number of aromatic hydroxyl groups is 1. The van der Waals surface area contributed by atoms with Gasteiger partial charge in [-0.05, 0) is 36.4 Å². The van der Waals surface area contributed by atoms with Crippen LogP contribution < -0.4 is 4.90 Å². The van der Waals surface area contributed by atoms with Crippen LogP contribution in [0.4, 0.5) is 10.1 Å². The van der Waals surface area contributed by atoms with Crippen molar-refractivity contribution in [1.29, 1.82) is 0 Å². The molecule has 1 aliphatic rings. The fraction of sp³-hybridized carbons (Fsp3) is 0.286. The Labute approximate surface area is 179 Å². The van der Waals surface area contributed by atoms with E-state index in [-0.39, 0.29) is 5.69 Å². The third-order valence-electron chi connectivity index (χ3n) is 5.44. The second kappa shape index (κ2) is 7.86. The fourth-order valence-corrected chi connectivity index (χ4v) is 4.68. The number of methoxy groups -OCH3 is 1. The molecule has 1 saturated heterocycles. The normalized spacial score (nSPS) is 15.4. The summed E-state index contributed by atoms with van der Waals surface area (Å²) in [6, 6.07) is 11.2. The minimum Gasteiger partial charge on any atom is -0.505 e. The monoisotopic (exact) mass is 447 g/mol. The van der Waals surface area contributed by atoms with Gasteiger partial charge in [0.2, 0.25) is 10.0 Å². The highest BCUT2D eigenvalue weighted by Gasteiger charge is 2.24. The van der Waals surface area contributed by atoms with Crippen molar-refractivity contribution in [2.45, 2.75) is 0 Å². The molecule has 2 heterocycles. The number of rotatable bonds is 4. The molecule has 0 amide bonds. The fourth-order valence-electron chi connectivity index (χ4n) is 3.85. The molecule has 0 saturated carbocycles. The van der Waals surface area contributed by atoms with E-state index in [9.17, 15) is 22.7 Å². The SMILES string of the molecule is COC(=O)c1cc2cc(N3CCN(S(C)(=O)=O)CC3)ccc2n1-c1ccc(F)c(O)c1. The van der Waals surface area contributed by atoms with Crippen LogP contribution in [0.2, 0.25) is 0 Å². The number of ether oxygens (including phenoxy) is 1. The Hall–Kier alpha value is -3.11. The van der Waals surface area contributed by atoms with E-state index >= 15 is 0 Å². The number of phenolic OH excluding ortho intramolecular Hbond substituents is 1. The van der Waals surface area contributed by atoms with Gasteiger partial charge in [0.25, 0.3) is 0 Å². The second-order valence-electron chi connectivity index (χ2n) is 7.38. The molecule has 1 N–H and O–H groups in total. The topological polar surface area (TPSA) is 92.1 Å². The third-order valence-corrected chi connectivity index (χ3v) is 6.74. The maximum atomic E-state index is 13.5. The van der Waals surface area contributed by atoms with Gasteiger partial charge in [-0.25, -0.2) is 17.6 Å². The third kappa shape index (κ3) is 3.96. The highest BCUT2D eigenvalue weighted by Crippen LogP contribution is 2.31. The number of aromatic nitrogens is 1. The van der Waals surface area contributed by atoms with E-state index in [4.69, 9.17) is 4.74 Å². The van der Waals surface area contributed by atoms with E-state index in [2.05, 4.69) is 4.90 Å². The van der Waals surface area contributed by atoms with Crippen molar-refractivity contribution in [1.82, 2.24) is 8.87 Å². The summed E-state index contributed by atoms with van der Waals surface area (Å²) in [5.41, 5.74) is 2.24. The van der Waals surface area contributed by atoms with Gasteiger partial charge < -0.3 is 19.3 Å². The smallest absolute Gasteiger partial charge is 0.355 e. The van der Waals surface area contributed by atoms with Gasteiger partial charge in [-0.3, -0.25) is 0 Å². The number of hydrogen-bond acceptors (Lipinski definition) is 6. The molecule has 0 atom stereocenters. The molecule has 1 fully saturated rings. The molecule has 0 aliphatic carbocycles. The van der Waals surface area contributed by atoms with E-state index in [1.165, 1.54) is 29.8 Å². The van der Waals surface area contributed by atoms with Gasteiger partial charge in [-0.15, -0.1) is 0 Å². The van der Waals surface area contributed by atoms with Crippen LogP contribution in [-0.4, -0.2) is 67.9 Å². The standard InChI is InChI=1S/C21H22FN3O5S/c1-30-21(27)19-12-14-11-15(23-7-9-24(10-8-23)31(2,28)29)4-6-18(14)25(19)16-3-5-17(22)20(26)13-16/h3-6,11-13,26H,7-10H2,1-2H3. The lowest BCUT2D eigenvalue weighted by molar-refractivity contribution is 0.0592. The zero-order valence-electron chi connectivity index (χ0n) is 17.1. The molecule has 0 bridgehead atoms. The lowest BCUT2D eigenvalue weighted by atomic mass is 10.2. The van der Waals surface area contributed by atoms with Crippen LogP contribution in [0.25, 0.3) is 16.6 Å². The van der Waals surface area contributed by atoms with Crippen molar-refractivity contribution < 1.29 is 27.4 Å². The Morgan fingerprint density at radius 2 is 1.71 bits per heavy atom. The molecule has 8 nitrogen and oxygen atoms in total. The molecule has 31 heavy (non-hydrogen) atoms. The van der Waals surface area contributed by atoms with Crippen LogP contribution in [0.5, 0.6) is 5.75 Å². The van der Waals surface area contributed by atoms with Gasteiger partial charge in [-0.2, -0.15) is 4.31 Å². The minimum absolute atomic E-state index is 0.238. The van der Waals surface area contributed by atoms with Gasteiger partial charge in [0, 0.05) is 43.3 Å². The number of carbonyl (C=O) groups is 1. The quantitative estimate of drug-likeness (QED) is 0.618. The molecule has 0 unspecified atom stereocenters. The first-order valence-electron chi connectivity index (χ1n) is 9.62. The summed E-state index contributed by atoms with van der Waals surface area (Å²) in [7, 11) is -1.94. The number of carbonyl (C=O) groups excluding carboxylic acids is 1. The van der Waals surface area contributed by atoms with E-state index in [1.807, 2.05) is 18.2 Å². The number of phenols is 1. The zero-order chi connectivity index (χ0) is 22.3. The molecule has 1 aliphatic heterocycles. The molecule has 2 aromatic carbocycles. The van der Waals surface area contributed by atoms with E-state index in [0.29, 0.717) is 37.4 Å². The number of hydrogen-bond donors (Lipinski definition) is 1. The van der Waals surface area contributed by atoms with Gasteiger partial charge >= 0.3 is 5.97 Å². The van der Waals surface area contributed by atoms with Crippen LogP contribution in [0.3, 0.4) is 0 Å². The first kappa shape index (κ1) is 21.1. The predicted octanol–water partition coefficient (Wildman–Crippen LogP) is 2.34. The summed E-state index contributed by atoms with van der Waals surface area (Å²) in [6.07, 6.45) is 1.21.